The third-order valence-electron chi connectivity index (χ3n) is 4.34. The second kappa shape index (κ2) is 9.94. The Morgan fingerprint density at radius 2 is 1.77 bits per heavy atom. The van der Waals surface area contributed by atoms with Crippen LogP contribution >= 0.6 is 0 Å². The van der Waals surface area contributed by atoms with E-state index in [1.54, 1.807) is 0 Å². The maximum atomic E-state index is 12.3. The number of rotatable bonds is 8. The molecule has 0 unspecified atom stereocenters. The number of nitrogens with one attached hydrogen (secondary N) is 1. The molecule has 0 bridgehead atoms. The van der Waals surface area contributed by atoms with Crippen LogP contribution in [0.4, 0.5) is 5.69 Å². The average Bonchev–Trinajstić information content (AvgIpc) is 2.68. The molecule has 5 nitrogen and oxygen atoms in total. The Kier molecular flexibility index (Phi) is 7.05. The Labute approximate surface area is 154 Å². The van der Waals surface area contributed by atoms with Gasteiger partial charge < -0.3 is 14.8 Å². The van der Waals surface area contributed by atoms with Crippen molar-refractivity contribution in [1.29, 1.82) is 0 Å². The summed E-state index contributed by atoms with van der Waals surface area (Å²) in [6.45, 7) is 3.97. The van der Waals surface area contributed by atoms with E-state index in [1.807, 2.05) is 30.3 Å². The monoisotopic (exact) mass is 354 g/mol. The van der Waals surface area contributed by atoms with E-state index < -0.39 is 0 Å². The molecule has 2 aromatic carbocycles. The van der Waals surface area contributed by atoms with Crippen LogP contribution in [0.5, 0.6) is 5.75 Å². The molecular formula is C21H26N2O3. The summed E-state index contributed by atoms with van der Waals surface area (Å²) >= 11 is 0. The summed E-state index contributed by atoms with van der Waals surface area (Å²) in [4.78, 5) is 14.4. The molecule has 1 amide bonds. The summed E-state index contributed by atoms with van der Waals surface area (Å²) in [6, 6.07) is 18.0. The zero-order valence-corrected chi connectivity index (χ0v) is 15.0. The first-order chi connectivity index (χ1) is 12.8. The number of carbonyl (C=O) groups is 1. The topological polar surface area (TPSA) is 50.8 Å². The van der Waals surface area contributed by atoms with E-state index in [-0.39, 0.29) is 5.91 Å². The van der Waals surface area contributed by atoms with Crippen LogP contribution in [-0.4, -0.2) is 50.3 Å². The first-order valence-electron chi connectivity index (χ1n) is 9.17. The lowest BCUT2D eigenvalue weighted by atomic mass is 10.1. The number of aryl methyl sites for hydroxylation is 1. The molecular weight excluding hydrogens is 328 g/mol. The Bertz CT molecular complexity index is 685. The maximum absolute atomic E-state index is 12.3. The van der Waals surface area contributed by atoms with Gasteiger partial charge in [-0.1, -0.05) is 42.5 Å². The number of hydrogen-bond acceptors (Lipinski definition) is 4. The molecule has 3 rings (SSSR count). The molecule has 0 aromatic heterocycles. The largest absolute Gasteiger partial charge is 0.491 e. The fourth-order valence-corrected chi connectivity index (χ4v) is 2.95. The van der Waals surface area contributed by atoms with Gasteiger partial charge in [0.2, 0.25) is 5.91 Å². The molecule has 1 N–H and O–H groups in total. The Hall–Kier alpha value is -2.37. The van der Waals surface area contributed by atoms with Gasteiger partial charge in [-0.05, 0) is 30.5 Å². The van der Waals surface area contributed by atoms with E-state index in [4.69, 9.17) is 9.47 Å². The van der Waals surface area contributed by atoms with Gasteiger partial charge in [-0.2, -0.15) is 0 Å². The lowest BCUT2D eigenvalue weighted by molar-refractivity contribution is -0.118. The molecule has 1 fully saturated rings. The van der Waals surface area contributed by atoms with Crippen molar-refractivity contribution in [2.75, 3.05) is 44.8 Å². The molecule has 0 aliphatic carbocycles. The first-order valence-corrected chi connectivity index (χ1v) is 9.17. The van der Waals surface area contributed by atoms with Crippen LogP contribution in [0.1, 0.15) is 12.0 Å². The van der Waals surface area contributed by atoms with Gasteiger partial charge in [0.15, 0.2) is 0 Å². The molecule has 1 saturated heterocycles. The second-order valence-corrected chi connectivity index (χ2v) is 6.37. The number of para-hydroxylation sites is 2. The Morgan fingerprint density at radius 3 is 2.58 bits per heavy atom. The van der Waals surface area contributed by atoms with Crippen LogP contribution in [0, 0.1) is 0 Å². The summed E-state index contributed by atoms with van der Waals surface area (Å²) in [5.74, 6) is 0.697. The molecule has 26 heavy (non-hydrogen) atoms. The van der Waals surface area contributed by atoms with Crippen LogP contribution in [0.15, 0.2) is 54.6 Å². The first kappa shape index (κ1) is 18.4. The molecule has 0 radical (unpaired) electrons. The van der Waals surface area contributed by atoms with Crippen LogP contribution in [0.2, 0.25) is 0 Å². The van der Waals surface area contributed by atoms with Gasteiger partial charge in [0.25, 0.3) is 0 Å². The van der Waals surface area contributed by atoms with Crippen molar-refractivity contribution in [2.45, 2.75) is 12.8 Å². The zero-order valence-electron chi connectivity index (χ0n) is 15.0. The molecule has 2 aromatic rings. The van der Waals surface area contributed by atoms with E-state index in [0.717, 1.165) is 37.4 Å². The molecule has 0 saturated carbocycles. The van der Waals surface area contributed by atoms with Crippen molar-refractivity contribution < 1.29 is 14.3 Å². The van der Waals surface area contributed by atoms with Crippen LogP contribution in [0.25, 0.3) is 0 Å². The van der Waals surface area contributed by atoms with E-state index >= 15 is 0 Å². The second-order valence-electron chi connectivity index (χ2n) is 6.37. The van der Waals surface area contributed by atoms with Gasteiger partial charge >= 0.3 is 0 Å². The highest BCUT2D eigenvalue weighted by molar-refractivity contribution is 5.93. The quantitative estimate of drug-likeness (QED) is 0.741. The minimum Gasteiger partial charge on any atom is -0.491 e. The standard InChI is InChI=1S/C21H26N2O3/c24-21(17-23-12-15-25-16-13-23)22-19-10-4-5-11-20(19)26-14-6-9-18-7-2-1-3-8-18/h1-5,7-8,10-11H,6,9,12-17H2,(H,22,24). The fourth-order valence-electron chi connectivity index (χ4n) is 2.95. The van der Waals surface area contributed by atoms with E-state index in [0.29, 0.717) is 26.4 Å². The molecule has 0 atom stereocenters. The highest BCUT2D eigenvalue weighted by Gasteiger charge is 2.15. The number of benzene rings is 2. The highest BCUT2D eigenvalue weighted by atomic mass is 16.5. The minimum atomic E-state index is -0.0211. The highest BCUT2D eigenvalue weighted by Crippen LogP contribution is 2.24. The van der Waals surface area contributed by atoms with Gasteiger partial charge in [0, 0.05) is 13.1 Å². The summed E-state index contributed by atoms with van der Waals surface area (Å²) in [6.07, 6.45) is 1.91. The van der Waals surface area contributed by atoms with Crippen molar-refractivity contribution in [3.05, 3.63) is 60.2 Å². The average molecular weight is 354 g/mol. The van der Waals surface area contributed by atoms with Crippen LogP contribution < -0.4 is 10.1 Å². The van der Waals surface area contributed by atoms with Crippen molar-refractivity contribution in [3.63, 3.8) is 0 Å². The number of carbonyl (C=O) groups excluding carboxylic acids is 1. The number of amides is 1. The normalized spacial score (nSPS) is 14.8. The van der Waals surface area contributed by atoms with Gasteiger partial charge in [-0.3, -0.25) is 9.69 Å². The van der Waals surface area contributed by atoms with Gasteiger partial charge in [-0.25, -0.2) is 0 Å². The number of morpholine rings is 1. The Balaban J connectivity index is 1.46. The van der Waals surface area contributed by atoms with Crippen molar-refractivity contribution in [2.24, 2.45) is 0 Å². The summed E-state index contributed by atoms with van der Waals surface area (Å²) in [5.41, 5.74) is 2.04. The smallest absolute Gasteiger partial charge is 0.238 e. The SMILES string of the molecule is O=C(CN1CCOCC1)Nc1ccccc1OCCCc1ccccc1. The molecule has 1 aliphatic rings. The number of nitrogens with zero attached hydrogens (tertiary/aromatic N) is 1. The minimum absolute atomic E-state index is 0.0211. The van der Waals surface area contributed by atoms with E-state index in [9.17, 15) is 4.79 Å². The third-order valence-corrected chi connectivity index (χ3v) is 4.34. The molecule has 5 heteroatoms. The molecule has 1 heterocycles. The zero-order chi connectivity index (χ0) is 18.0. The predicted molar refractivity (Wildman–Crippen MR) is 103 cm³/mol. The third kappa shape index (κ3) is 5.86. The lowest BCUT2D eigenvalue weighted by Gasteiger charge is -2.25. The van der Waals surface area contributed by atoms with Gasteiger partial charge in [0.05, 0.1) is 32.1 Å². The van der Waals surface area contributed by atoms with Crippen molar-refractivity contribution >= 4 is 11.6 Å². The number of anilines is 1. The molecule has 138 valence electrons. The van der Waals surface area contributed by atoms with E-state index in [1.165, 1.54) is 5.56 Å². The maximum Gasteiger partial charge on any atom is 0.238 e. The molecule has 0 spiro atoms. The van der Waals surface area contributed by atoms with Gasteiger partial charge in [0.1, 0.15) is 5.75 Å². The number of ether oxygens (including phenoxy) is 2. The Morgan fingerprint density at radius 1 is 1.04 bits per heavy atom. The summed E-state index contributed by atoms with van der Waals surface area (Å²) in [7, 11) is 0. The van der Waals surface area contributed by atoms with Crippen molar-refractivity contribution in [3.8, 4) is 5.75 Å². The number of hydrogen-bond donors (Lipinski definition) is 1. The van der Waals surface area contributed by atoms with Crippen molar-refractivity contribution in [1.82, 2.24) is 4.90 Å². The van der Waals surface area contributed by atoms with Gasteiger partial charge in [-0.15, -0.1) is 0 Å². The molecule has 1 aliphatic heterocycles. The van der Waals surface area contributed by atoms with Crippen LogP contribution in [0.3, 0.4) is 0 Å². The predicted octanol–water partition coefficient (Wildman–Crippen LogP) is 2.97. The van der Waals surface area contributed by atoms with Crippen LogP contribution in [-0.2, 0) is 16.0 Å². The fraction of sp³-hybridized carbons (Fsp3) is 0.381. The summed E-state index contributed by atoms with van der Waals surface area (Å²) in [5, 5.41) is 2.97. The lowest BCUT2D eigenvalue weighted by Crippen LogP contribution is -2.41. The van der Waals surface area contributed by atoms with E-state index in [2.05, 4.69) is 34.5 Å². The summed E-state index contributed by atoms with van der Waals surface area (Å²) < 4.78 is 11.2.